The molecule has 1 aromatic carbocycles. The Labute approximate surface area is 177 Å². The molecule has 1 heterocycles. The van der Waals surface area contributed by atoms with Crippen LogP contribution in [0.3, 0.4) is 0 Å². The average Bonchev–Trinajstić information content (AvgIpc) is 2.66. The van der Waals surface area contributed by atoms with Crippen molar-refractivity contribution in [2.45, 2.75) is 50.7 Å². The number of carbonyl (C=O) groups excluding carboxylic acids is 1. The minimum atomic E-state index is -4.92. The van der Waals surface area contributed by atoms with Gasteiger partial charge in [0, 0.05) is 31.8 Å². The first-order valence-electron chi connectivity index (χ1n) is 9.96. The van der Waals surface area contributed by atoms with Crippen molar-refractivity contribution in [1.29, 1.82) is 0 Å². The summed E-state index contributed by atoms with van der Waals surface area (Å²) in [6, 6.07) is 3.48. The van der Waals surface area contributed by atoms with Crippen molar-refractivity contribution < 1.29 is 22.4 Å². The molecule has 1 aliphatic carbocycles. The van der Waals surface area contributed by atoms with E-state index in [0.717, 1.165) is 11.9 Å². The number of amides is 1. The van der Waals surface area contributed by atoms with Crippen LogP contribution in [0.5, 0.6) is 0 Å². The first kappa shape index (κ1) is 22.8. The minimum absolute atomic E-state index is 0.0134. The number of nitrogens with one attached hydrogen (secondary N) is 1. The lowest BCUT2D eigenvalue weighted by Crippen LogP contribution is -2.29. The fourth-order valence-electron chi connectivity index (χ4n) is 4.11. The molecule has 0 radical (unpaired) electrons. The Balaban J connectivity index is 1.82. The number of aromatic nitrogens is 2. The van der Waals surface area contributed by atoms with Crippen LogP contribution in [-0.4, -0.2) is 36.0 Å². The highest BCUT2D eigenvalue weighted by atomic mass is 19.4. The second-order valence-corrected chi connectivity index (χ2v) is 7.99. The summed E-state index contributed by atoms with van der Waals surface area (Å²) in [7, 11) is 3.73. The lowest BCUT2D eigenvalue weighted by atomic mass is 9.77. The number of halogens is 4. The molecule has 1 amide bonds. The second kappa shape index (κ2) is 8.68. The van der Waals surface area contributed by atoms with E-state index in [9.17, 15) is 22.4 Å². The lowest BCUT2D eigenvalue weighted by molar-refractivity contribution is -0.140. The fourth-order valence-corrected chi connectivity index (χ4v) is 4.11. The van der Waals surface area contributed by atoms with E-state index in [1.54, 1.807) is 13.0 Å². The molecule has 10 heteroatoms. The Bertz CT molecular complexity index is 969. The third-order valence-electron chi connectivity index (χ3n) is 5.51. The molecule has 0 saturated heterocycles. The van der Waals surface area contributed by atoms with Gasteiger partial charge in [0.1, 0.15) is 23.3 Å². The molecule has 0 atom stereocenters. The molecule has 0 spiro atoms. The van der Waals surface area contributed by atoms with Crippen molar-refractivity contribution in [3.05, 3.63) is 46.5 Å². The SMILES string of the molecule is Cc1nc(NC2CCC(c3c(C(N)=O)ccc(F)c3C(F)(F)F)CC2)cc(N(C)C)n1. The first-order valence-corrected chi connectivity index (χ1v) is 9.96. The van der Waals surface area contributed by atoms with Crippen molar-refractivity contribution >= 4 is 17.5 Å². The van der Waals surface area contributed by atoms with Gasteiger partial charge in [0.15, 0.2) is 0 Å². The molecule has 168 valence electrons. The van der Waals surface area contributed by atoms with Gasteiger partial charge in [-0.25, -0.2) is 14.4 Å². The number of nitrogens with zero attached hydrogens (tertiary/aromatic N) is 3. The summed E-state index contributed by atoms with van der Waals surface area (Å²) in [6.07, 6.45) is -3.13. The number of primary amides is 1. The van der Waals surface area contributed by atoms with Crippen molar-refractivity contribution in [3.63, 3.8) is 0 Å². The van der Waals surface area contributed by atoms with Crippen LogP contribution in [0, 0.1) is 12.7 Å². The van der Waals surface area contributed by atoms with Gasteiger partial charge < -0.3 is 16.0 Å². The third-order valence-corrected chi connectivity index (χ3v) is 5.51. The Morgan fingerprint density at radius 3 is 2.35 bits per heavy atom. The molecule has 0 unspecified atom stereocenters. The predicted octanol–water partition coefficient (Wildman–Crippen LogP) is 4.25. The van der Waals surface area contributed by atoms with Crippen molar-refractivity contribution in [3.8, 4) is 0 Å². The topological polar surface area (TPSA) is 84.1 Å². The largest absolute Gasteiger partial charge is 0.419 e. The maximum absolute atomic E-state index is 14.1. The number of rotatable bonds is 5. The Hall–Kier alpha value is -2.91. The van der Waals surface area contributed by atoms with Gasteiger partial charge in [-0.1, -0.05) is 0 Å². The van der Waals surface area contributed by atoms with Crippen LogP contribution in [0.2, 0.25) is 0 Å². The molecule has 1 saturated carbocycles. The van der Waals surface area contributed by atoms with Gasteiger partial charge in [0.2, 0.25) is 5.91 Å². The number of aryl methyl sites for hydroxylation is 1. The van der Waals surface area contributed by atoms with Crippen molar-refractivity contribution in [2.24, 2.45) is 5.73 Å². The molecular formula is C21H25F4N5O. The Morgan fingerprint density at radius 2 is 1.81 bits per heavy atom. The maximum Gasteiger partial charge on any atom is 0.419 e. The van der Waals surface area contributed by atoms with Crippen molar-refractivity contribution in [1.82, 2.24) is 9.97 Å². The highest BCUT2D eigenvalue weighted by Crippen LogP contribution is 2.43. The lowest BCUT2D eigenvalue weighted by Gasteiger charge is -2.32. The number of anilines is 2. The Kier molecular flexibility index (Phi) is 6.38. The summed E-state index contributed by atoms with van der Waals surface area (Å²) in [5, 5.41) is 3.32. The predicted molar refractivity (Wildman–Crippen MR) is 110 cm³/mol. The number of hydrogen-bond acceptors (Lipinski definition) is 5. The number of nitrogens with two attached hydrogens (primary N) is 1. The van der Waals surface area contributed by atoms with E-state index in [1.807, 2.05) is 19.0 Å². The molecule has 3 N–H and O–H groups in total. The zero-order valence-corrected chi connectivity index (χ0v) is 17.6. The highest BCUT2D eigenvalue weighted by molar-refractivity contribution is 5.95. The summed E-state index contributed by atoms with van der Waals surface area (Å²) in [6.45, 7) is 1.78. The fraction of sp³-hybridized carbons (Fsp3) is 0.476. The van der Waals surface area contributed by atoms with Gasteiger partial charge >= 0.3 is 6.18 Å². The van der Waals surface area contributed by atoms with Gasteiger partial charge in [0.05, 0.1) is 5.56 Å². The standard InChI is InChI=1S/C21H25F4N5O/c1-11-27-16(10-17(28-11)30(2)3)29-13-6-4-12(5-7-13)18-14(20(26)31)8-9-15(22)19(18)21(23,24)25/h8-10,12-13H,4-7H2,1-3H3,(H2,26,31)(H,27,28,29). The summed E-state index contributed by atoms with van der Waals surface area (Å²) < 4.78 is 54.9. The van der Waals surface area contributed by atoms with E-state index >= 15 is 0 Å². The molecule has 1 aromatic heterocycles. The molecular weight excluding hydrogens is 414 g/mol. The van der Waals surface area contributed by atoms with Crippen molar-refractivity contribution in [2.75, 3.05) is 24.3 Å². The quantitative estimate of drug-likeness (QED) is 0.681. The van der Waals surface area contributed by atoms with E-state index in [4.69, 9.17) is 5.73 Å². The number of hydrogen-bond donors (Lipinski definition) is 2. The van der Waals surface area contributed by atoms with Crippen LogP contribution < -0.4 is 16.0 Å². The summed E-state index contributed by atoms with van der Waals surface area (Å²) in [4.78, 5) is 22.3. The van der Waals surface area contributed by atoms with Crippen LogP contribution in [0.4, 0.5) is 29.2 Å². The van der Waals surface area contributed by atoms with Gasteiger partial charge in [-0.2, -0.15) is 13.2 Å². The zero-order chi connectivity index (χ0) is 22.9. The smallest absolute Gasteiger partial charge is 0.367 e. The van der Waals surface area contributed by atoms with Crippen LogP contribution >= 0.6 is 0 Å². The van der Waals surface area contributed by atoms with E-state index in [1.165, 1.54) is 0 Å². The van der Waals surface area contributed by atoms with E-state index in [0.29, 0.717) is 43.4 Å². The molecule has 2 aromatic rings. The second-order valence-electron chi connectivity index (χ2n) is 7.99. The summed E-state index contributed by atoms with van der Waals surface area (Å²) in [5.41, 5.74) is 3.32. The molecule has 0 aliphatic heterocycles. The van der Waals surface area contributed by atoms with Crippen LogP contribution in [0.1, 0.15) is 58.9 Å². The molecule has 3 rings (SSSR count). The number of carbonyl (C=O) groups is 1. The molecule has 6 nitrogen and oxygen atoms in total. The first-order chi connectivity index (χ1) is 14.5. The van der Waals surface area contributed by atoms with Crippen LogP contribution in [-0.2, 0) is 6.18 Å². The average molecular weight is 439 g/mol. The van der Waals surface area contributed by atoms with E-state index in [-0.39, 0.29) is 17.2 Å². The zero-order valence-electron chi connectivity index (χ0n) is 17.6. The van der Waals surface area contributed by atoms with Gasteiger partial charge in [-0.3, -0.25) is 4.79 Å². The van der Waals surface area contributed by atoms with Gasteiger partial charge in [-0.15, -0.1) is 0 Å². The van der Waals surface area contributed by atoms with Crippen LogP contribution in [0.15, 0.2) is 18.2 Å². The monoisotopic (exact) mass is 439 g/mol. The number of alkyl halides is 3. The van der Waals surface area contributed by atoms with E-state index in [2.05, 4.69) is 15.3 Å². The summed E-state index contributed by atoms with van der Waals surface area (Å²) in [5.74, 6) is -1.02. The normalized spacial score (nSPS) is 19.2. The molecule has 1 fully saturated rings. The molecule has 31 heavy (non-hydrogen) atoms. The Morgan fingerprint density at radius 1 is 1.16 bits per heavy atom. The van der Waals surface area contributed by atoms with Gasteiger partial charge in [-0.05, 0) is 56.2 Å². The highest BCUT2D eigenvalue weighted by Gasteiger charge is 2.41. The van der Waals surface area contributed by atoms with Crippen LogP contribution in [0.25, 0.3) is 0 Å². The maximum atomic E-state index is 14.1. The minimum Gasteiger partial charge on any atom is -0.367 e. The van der Waals surface area contributed by atoms with E-state index < -0.39 is 29.4 Å². The summed E-state index contributed by atoms with van der Waals surface area (Å²) >= 11 is 0. The number of benzene rings is 1. The van der Waals surface area contributed by atoms with Gasteiger partial charge in [0.25, 0.3) is 0 Å². The molecule has 0 bridgehead atoms. The third kappa shape index (κ3) is 5.05. The molecule has 1 aliphatic rings.